The van der Waals surface area contributed by atoms with Gasteiger partial charge in [-0.05, 0) is 55.5 Å². The zero-order chi connectivity index (χ0) is 17.1. The van der Waals surface area contributed by atoms with E-state index in [1.165, 1.54) is 53.2 Å². The Labute approximate surface area is 136 Å². The molecule has 5 nitrogen and oxygen atoms in total. The summed E-state index contributed by atoms with van der Waals surface area (Å²) >= 11 is 0. The van der Waals surface area contributed by atoms with Crippen LogP contribution in [0.3, 0.4) is 0 Å². The molecule has 3 rings (SSSR count). The van der Waals surface area contributed by atoms with Gasteiger partial charge in [0.1, 0.15) is 11.6 Å². The number of carbonyl (C=O) groups is 1. The van der Waals surface area contributed by atoms with Crippen molar-refractivity contribution in [1.82, 2.24) is 14.8 Å². The quantitative estimate of drug-likeness (QED) is 0.689. The van der Waals surface area contributed by atoms with Crippen LogP contribution in [0.4, 0.5) is 8.78 Å². The number of hydrogen-bond donors (Lipinski definition) is 0. The van der Waals surface area contributed by atoms with Crippen molar-refractivity contribution in [2.75, 3.05) is 6.61 Å². The fourth-order valence-corrected chi connectivity index (χ4v) is 2.14. The highest BCUT2D eigenvalue weighted by atomic mass is 19.1. The Morgan fingerprint density at radius 2 is 1.62 bits per heavy atom. The molecule has 122 valence electrons. The summed E-state index contributed by atoms with van der Waals surface area (Å²) in [6.07, 6.45) is 0. The first-order valence-corrected chi connectivity index (χ1v) is 7.24. The van der Waals surface area contributed by atoms with E-state index in [2.05, 4.69) is 10.1 Å². The van der Waals surface area contributed by atoms with Crippen LogP contribution in [0.2, 0.25) is 0 Å². The van der Waals surface area contributed by atoms with Crippen molar-refractivity contribution in [2.45, 2.75) is 6.92 Å². The molecule has 0 N–H and O–H groups in total. The summed E-state index contributed by atoms with van der Waals surface area (Å²) < 4.78 is 32.6. The molecule has 0 aliphatic heterocycles. The number of carbonyl (C=O) groups excluding carboxylic acids is 1. The molecule has 0 atom stereocenters. The summed E-state index contributed by atoms with van der Waals surface area (Å²) in [5.74, 6) is -1.25. The summed E-state index contributed by atoms with van der Waals surface area (Å²) in [4.78, 5) is 16.1. The van der Waals surface area contributed by atoms with E-state index in [-0.39, 0.29) is 12.4 Å². The number of esters is 1. The molecule has 0 unspecified atom stereocenters. The molecule has 1 heterocycles. The van der Waals surface area contributed by atoms with Gasteiger partial charge in [-0.25, -0.2) is 23.2 Å². The van der Waals surface area contributed by atoms with Crippen LogP contribution in [-0.4, -0.2) is 27.3 Å². The highest BCUT2D eigenvalue weighted by Crippen LogP contribution is 2.22. The molecule has 0 radical (unpaired) electrons. The lowest BCUT2D eigenvalue weighted by atomic mass is 10.2. The largest absolute Gasteiger partial charge is 0.460 e. The predicted octanol–water partition coefficient (Wildman–Crippen LogP) is 3.39. The van der Waals surface area contributed by atoms with E-state index in [1.54, 1.807) is 6.92 Å². The number of benzene rings is 2. The highest BCUT2D eigenvalue weighted by molar-refractivity contribution is 5.85. The van der Waals surface area contributed by atoms with Gasteiger partial charge in [-0.15, -0.1) is 5.10 Å². The molecule has 0 fully saturated rings. The first-order chi connectivity index (χ1) is 11.6. The molecule has 0 aliphatic carbocycles. The minimum atomic E-state index is -0.665. The van der Waals surface area contributed by atoms with Crippen molar-refractivity contribution in [1.29, 1.82) is 0 Å². The maximum absolute atomic E-state index is 13.1. The Bertz CT molecular complexity index is 796. The molecule has 0 aliphatic rings. The third-order valence-corrected chi connectivity index (χ3v) is 3.24. The molecule has 2 aromatic carbocycles. The van der Waals surface area contributed by atoms with Gasteiger partial charge in [-0.2, -0.15) is 0 Å². The van der Waals surface area contributed by atoms with E-state index in [0.29, 0.717) is 17.1 Å². The van der Waals surface area contributed by atoms with Gasteiger partial charge in [0.2, 0.25) is 0 Å². The molecule has 0 saturated heterocycles. The summed E-state index contributed by atoms with van der Waals surface area (Å²) in [6.45, 7) is 1.87. The molecule has 0 spiro atoms. The second-order valence-electron chi connectivity index (χ2n) is 4.87. The van der Waals surface area contributed by atoms with Gasteiger partial charge < -0.3 is 4.74 Å². The number of hydrogen-bond acceptors (Lipinski definition) is 4. The molecule has 0 bridgehead atoms. The van der Waals surface area contributed by atoms with Crippen LogP contribution in [0.5, 0.6) is 0 Å². The van der Waals surface area contributed by atoms with Crippen molar-refractivity contribution in [3.8, 4) is 17.1 Å². The van der Waals surface area contributed by atoms with E-state index < -0.39 is 17.6 Å². The first-order valence-electron chi connectivity index (χ1n) is 7.24. The predicted molar refractivity (Wildman–Crippen MR) is 82.7 cm³/mol. The summed E-state index contributed by atoms with van der Waals surface area (Å²) in [5.41, 5.74) is 1.07. The Balaban J connectivity index is 2.12. The third kappa shape index (κ3) is 3.15. The van der Waals surface area contributed by atoms with E-state index in [0.717, 1.165) is 0 Å². The van der Waals surface area contributed by atoms with Crippen LogP contribution in [0.15, 0.2) is 48.5 Å². The zero-order valence-electron chi connectivity index (χ0n) is 12.7. The van der Waals surface area contributed by atoms with Crippen molar-refractivity contribution in [3.63, 3.8) is 0 Å². The lowest BCUT2D eigenvalue weighted by molar-refractivity contribution is 0.0512. The van der Waals surface area contributed by atoms with E-state index >= 15 is 0 Å². The fraction of sp³-hybridized carbons (Fsp3) is 0.118. The van der Waals surface area contributed by atoms with Crippen LogP contribution >= 0.6 is 0 Å². The Morgan fingerprint density at radius 1 is 1.04 bits per heavy atom. The maximum Gasteiger partial charge on any atom is 0.378 e. The second kappa shape index (κ2) is 6.57. The summed E-state index contributed by atoms with van der Waals surface area (Å²) in [7, 11) is 0. The molecule has 24 heavy (non-hydrogen) atoms. The molecule has 0 amide bonds. The van der Waals surface area contributed by atoms with Crippen LogP contribution < -0.4 is 0 Å². The number of ether oxygens (including phenoxy) is 1. The minimum Gasteiger partial charge on any atom is -0.460 e. The maximum atomic E-state index is 13.1. The lowest BCUT2D eigenvalue weighted by Crippen LogP contribution is -2.07. The first kappa shape index (κ1) is 15.8. The van der Waals surface area contributed by atoms with Crippen molar-refractivity contribution in [2.24, 2.45) is 0 Å². The van der Waals surface area contributed by atoms with Crippen LogP contribution in [0.1, 0.15) is 17.5 Å². The van der Waals surface area contributed by atoms with E-state index in [9.17, 15) is 13.6 Å². The zero-order valence-corrected chi connectivity index (χ0v) is 12.7. The SMILES string of the molecule is CCOC(=O)c1nc(-c2ccc(F)cc2)n(-c2ccc(F)cc2)n1. The fourth-order valence-electron chi connectivity index (χ4n) is 2.14. The van der Waals surface area contributed by atoms with Crippen LogP contribution in [0.25, 0.3) is 17.1 Å². The normalized spacial score (nSPS) is 10.6. The number of rotatable bonds is 4. The molecule has 1 aromatic heterocycles. The van der Waals surface area contributed by atoms with Crippen LogP contribution in [-0.2, 0) is 4.74 Å². The molecular weight excluding hydrogens is 316 g/mol. The third-order valence-electron chi connectivity index (χ3n) is 3.24. The topological polar surface area (TPSA) is 57.0 Å². The number of halogens is 2. The van der Waals surface area contributed by atoms with Gasteiger partial charge >= 0.3 is 5.97 Å². The summed E-state index contributed by atoms with van der Waals surface area (Å²) in [6, 6.07) is 11.2. The van der Waals surface area contributed by atoms with Gasteiger partial charge in [-0.1, -0.05) is 0 Å². The van der Waals surface area contributed by atoms with Crippen LogP contribution in [0, 0.1) is 11.6 Å². The van der Waals surface area contributed by atoms with E-state index in [4.69, 9.17) is 4.74 Å². The van der Waals surface area contributed by atoms with Gasteiger partial charge in [0.05, 0.1) is 12.3 Å². The Kier molecular flexibility index (Phi) is 4.33. The Morgan fingerprint density at radius 3 is 2.21 bits per heavy atom. The van der Waals surface area contributed by atoms with Gasteiger partial charge in [0, 0.05) is 5.56 Å². The molecule has 3 aromatic rings. The molecule has 7 heteroatoms. The van der Waals surface area contributed by atoms with Gasteiger partial charge in [0.25, 0.3) is 5.82 Å². The van der Waals surface area contributed by atoms with E-state index in [1.807, 2.05) is 0 Å². The number of aromatic nitrogens is 3. The number of nitrogens with zero attached hydrogens (tertiary/aromatic N) is 3. The highest BCUT2D eigenvalue weighted by Gasteiger charge is 2.19. The van der Waals surface area contributed by atoms with Crippen molar-refractivity contribution < 1.29 is 18.3 Å². The molecule has 0 saturated carbocycles. The standard InChI is InChI=1S/C17H13F2N3O2/c1-2-24-17(23)15-20-16(11-3-5-12(18)6-4-11)22(21-15)14-9-7-13(19)8-10-14/h3-10H,2H2,1H3. The van der Waals surface area contributed by atoms with Gasteiger partial charge in [0.15, 0.2) is 5.82 Å². The molecular formula is C17H13F2N3O2. The van der Waals surface area contributed by atoms with Crippen molar-refractivity contribution >= 4 is 5.97 Å². The van der Waals surface area contributed by atoms with Crippen molar-refractivity contribution in [3.05, 3.63) is 66.0 Å². The average molecular weight is 329 g/mol. The minimum absolute atomic E-state index is 0.125. The monoisotopic (exact) mass is 329 g/mol. The van der Waals surface area contributed by atoms with Gasteiger partial charge in [-0.3, -0.25) is 0 Å². The summed E-state index contributed by atoms with van der Waals surface area (Å²) in [5, 5.41) is 4.14. The average Bonchev–Trinajstić information content (AvgIpc) is 3.02. The lowest BCUT2D eigenvalue weighted by Gasteiger charge is -2.05. The smallest absolute Gasteiger partial charge is 0.378 e. The second-order valence-corrected chi connectivity index (χ2v) is 4.87. The Hall–Kier alpha value is -3.09.